The fourth-order valence-electron chi connectivity index (χ4n) is 2.40. The predicted molar refractivity (Wildman–Crippen MR) is 91.5 cm³/mol. The molecule has 0 bridgehead atoms. The largest absolute Gasteiger partial charge is 0.494 e. The molecule has 1 aromatic heterocycles. The van der Waals surface area contributed by atoms with Gasteiger partial charge in [0.25, 0.3) is 17.2 Å². The molecule has 0 radical (unpaired) electrons. The zero-order valence-electron chi connectivity index (χ0n) is 13.7. The fraction of sp³-hybridized carbons (Fsp3) is 0.278. The van der Waals surface area contributed by atoms with Crippen molar-refractivity contribution in [3.63, 3.8) is 0 Å². The quantitative estimate of drug-likeness (QED) is 0.655. The van der Waals surface area contributed by atoms with Crippen molar-refractivity contribution in [3.05, 3.63) is 68.8 Å². The lowest BCUT2D eigenvalue weighted by molar-refractivity contribution is 0.0952. The number of pyridine rings is 1. The number of carbonyl (C=O) groups is 1. The summed E-state index contributed by atoms with van der Waals surface area (Å²) in [6, 6.07) is 8.84. The molecule has 0 atom stereocenters. The number of nitrogens with one attached hydrogen (secondary N) is 1. The molecule has 1 amide bonds. The lowest BCUT2D eigenvalue weighted by atomic mass is 10.1. The fourth-order valence-corrected chi connectivity index (χ4v) is 2.40. The van der Waals surface area contributed by atoms with Crippen molar-refractivity contribution in [1.82, 2.24) is 9.88 Å². The molecule has 0 aliphatic heterocycles. The van der Waals surface area contributed by atoms with Crippen LogP contribution >= 0.6 is 0 Å². The molecule has 124 valence electrons. The minimum Gasteiger partial charge on any atom is -0.494 e. The topological polar surface area (TPSA) is 75.7 Å². The summed E-state index contributed by atoms with van der Waals surface area (Å²) < 4.78 is 1.18. The van der Waals surface area contributed by atoms with Crippen molar-refractivity contribution >= 4 is 11.6 Å². The van der Waals surface area contributed by atoms with Gasteiger partial charge < -0.3 is 10.4 Å². The smallest absolute Gasteiger partial charge is 0.259 e. The highest BCUT2D eigenvalue weighted by atomic mass is 16.3. The average Bonchev–Trinajstić information content (AvgIpc) is 2.60. The van der Waals surface area contributed by atoms with E-state index in [1.807, 2.05) is 6.07 Å². The molecule has 0 fully saturated rings. The van der Waals surface area contributed by atoms with E-state index in [0.29, 0.717) is 29.7 Å². The molecular weight excluding hydrogens is 306 g/mol. The Morgan fingerprint density at radius 1 is 1.25 bits per heavy atom. The van der Waals surface area contributed by atoms with E-state index in [-0.39, 0.29) is 24.0 Å². The maximum Gasteiger partial charge on any atom is 0.259 e. The van der Waals surface area contributed by atoms with Gasteiger partial charge in [0.1, 0.15) is 0 Å². The zero-order valence-corrected chi connectivity index (χ0v) is 13.7. The summed E-state index contributed by atoms with van der Waals surface area (Å²) in [6.07, 6.45) is 0.464. The van der Waals surface area contributed by atoms with E-state index in [1.54, 1.807) is 38.1 Å². The zero-order chi connectivity index (χ0) is 17.7. The van der Waals surface area contributed by atoms with Crippen LogP contribution in [0.15, 0.2) is 35.1 Å². The molecule has 6 nitrogen and oxygen atoms in total. The van der Waals surface area contributed by atoms with Gasteiger partial charge in [-0.3, -0.25) is 14.2 Å². The third kappa shape index (κ3) is 3.46. The Kier molecular flexibility index (Phi) is 5.38. The first-order valence-electron chi connectivity index (χ1n) is 7.61. The van der Waals surface area contributed by atoms with Crippen LogP contribution in [0.25, 0.3) is 4.85 Å². The molecule has 0 aliphatic rings. The normalized spacial score (nSPS) is 10.2. The third-order valence-corrected chi connectivity index (χ3v) is 3.95. The van der Waals surface area contributed by atoms with E-state index in [0.717, 1.165) is 0 Å². The first-order valence-corrected chi connectivity index (χ1v) is 7.61. The van der Waals surface area contributed by atoms with Gasteiger partial charge in [0.15, 0.2) is 5.88 Å². The predicted octanol–water partition coefficient (Wildman–Crippen LogP) is 2.54. The number of amides is 1. The monoisotopic (exact) mass is 325 g/mol. The van der Waals surface area contributed by atoms with E-state index in [4.69, 9.17) is 6.57 Å². The lowest BCUT2D eigenvalue weighted by Crippen LogP contribution is -2.27. The number of hydrogen-bond acceptors (Lipinski definition) is 3. The van der Waals surface area contributed by atoms with E-state index in [1.165, 1.54) is 4.57 Å². The van der Waals surface area contributed by atoms with Crippen LogP contribution in [0.5, 0.6) is 5.88 Å². The molecule has 0 saturated heterocycles. The molecule has 6 heteroatoms. The third-order valence-electron chi connectivity index (χ3n) is 3.95. The molecule has 0 spiro atoms. The maximum atomic E-state index is 12.2. The Labute approximate surface area is 140 Å². The van der Waals surface area contributed by atoms with Gasteiger partial charge >= 0.3 is 0 Å². The Morgan fingerprint density at radius 3 is 2.54 bits per heavy atom. The first kappa shape index (κ1) is 17.3. The van der Waals surface area contributed by atoms with Crippen LogP contribution in [0.4, 0.5) is 5.69 Å². The molecule has 2 N–H and O–H groups in total. The Hall–Kier alpha value is -3.07. The summed E-state index contributed by atoms with van der Waals surface area (Å²) in [5.74, 6) is -0.312. The van der Waals surface area contributed by atoms with Crippen LogP contribution in [0.3, 0.4) is 0 Å². The molecule has 1 heterocycles. The Morgan fingerprint density at radius 2 is 1.92 bits per heavy atom. The van der Waals surface area contributed by atoms with Gasteiger partial charge in [0.05, 0.1) is 6.57 Å². The summed E-state index contributed by atoms with van der Waals surface area (Å²) in [6.45, 7) is 11.0. The second-order valence-electron chi connectivity index (χ2n) is 5.47. The lowest BCUT2D eigenvalue weighted by Gasteiger charge is -2.14. The highest BCUT2D eigenvalue weighted by molar-refractivity contribution is 5.94. The Bertz CT molecular complexity index is 849. The molecule has 1 aromatic carbocycles. The number of rotatable bonds is 5. The molecule has 24 heavy (non-hydrogen) atoms. The highest BCUT2D eigenvalue weighted by Crippen LogP contribution is 2.24. The SMILES string of the molecule is [C-]#[N+]c1c(C)c(C)c(O)n(CCCNC(=O)c2ccccc2)c1=O. The minimum atomic E-state index is -0.500. The molecular formula is C18H19N3O3. The summed E-state index contributed by atoms with van der Waals surface area (Å²) in [7, 11) is 0. The summed E-state index contributed by atoms with van der Waals surface area (Å²) >= 11 is 0. The van der Waals surface area contributed by atoms with Gasteiger partial charge in [-0.05, 0) is 38.0 Å². The second-order valence-corrected chi connectivity index (χ2v) is 5.47. The second kappa shape index (κ2) is 7.47. The molecule has 0 aliphatic carbocycles. The number of aromatic nitrogens is 1. The van der Waals surface area contributed by atoms with Crippen LogP contribution in [-0.4, -0.2) is 22.1 Å². The van der Waals surface area contributed by atoms with Crippen molar-refractivity contribution in [2.75, 3.05) is 6.54 Å². The van der Waals surface area contributed by atoms with Crippen LogP contribution in [0, 0.1) is 20.4 Å². The highest BCUT2D eigenvalue weighted by Gasteiger charge is 2.16. The van der Waals surface area contributed by atoms with Gasteiger partial charge in [-0.25, -0.2) is 4.85 Å². The van der Waals surface area contributed by atoms with Gasteiger partial charge in [0, 0.05) is 24.2 Å². The number of carbonyl (C=O) groups excluding carboxylic acids is 1. The number of benzene rings is 1. The molecule has 0 unspecified atom stereocenters. The standard InChI is InChI=1S/C18H19N3O3/c1-12-13(2)17(23)21(18(24)15(12)19-3)11-7-10-20-16(22)14-8-5-4-6-9-14/h4-6,8-9,23H,7,10-11H2,1-2H3,(H,20,22). The number of aromatic hydroxyl groups is 1. The summed E-state index contributed by atoms with van der Waals surface area (Å²) in [4.78, 5) is 27.4. The van der Waals surface area contributed by atoms with Crippen LogP contribution in [0.1, 0.15) is 27.9 Å². The summed E-state index contributed by atoms with van der Waals surface area (Å²) in [5.41, 5.74) is 1.12. The van der Waals surface area contributed by atoms with E-state index in [2.05, 4.69) is 10.2 Å². The number of nitrogens with zero attached hydrogens (tertiary/aromatic N) is 2. The van der Waals surface area contributed by atoms with Crippen LogP contribution in [-0.2, 0) is 6.54 Å². The van der Waals surface area contributed by atoms with Crippen LogP contribution in [0.2, 0.25) is 0 Å². The van der Waals surface area contributed by atoms with Gasteiger partial charge in [-0.2, -0.15) is 0 Å². The van der Waals surface area contributed by atoms with E-state index < -0.39 is 5.56 Å². The van der Waals surface area contributed by atoms with Crippen LogP contribution < -0.4 is 10.9 Å². The van der Waals surface area contributed by atoms with Gasteiger partial charge in [0.2, 0.25) is 0 Å². The van der Waals surface area contributed by atoms with Crippen molar-refractivity contribution in [2.45, 2.75) is 26.8 Å². The first-order chi connectivity index (χ1) is 11.5. The Balaban J connectivity index is 2.03. The van der Waals surface area contributed by atoms with Gasteiger partial charge in [-0.1, -0.05) is 18.2 Å². The molecule has 2 rings (SSSR count). The molecule has 2 aromatic rings. The van der Waals surface area contributed by atoms with E-state index >= 15 is 0 Å². The van der Waals surface area contributed by atoms with Crippen molar-refractivity contribution in [2.24, 2.45) is 0 Å². The van der Waals surface area contributed by atoms with Crippen molar-refractivity contribution < 1.29 is 9.90 Å². The molecule has 0 saturated carbocycles. The summed E-state index contributed by atoms with van der Waals surface area (Å²) in [5, 5.41) is 12.9. The maximum absolute atomic E-state index is 12.2. The van der Waals surface area contributed by atoms with E-state index in [9.17, 15) is 14.7 Å². The van der Waals surface area contributed by atoms with Gasteiger partial charge in [-0.15, -0.1) is 0 Å². The van der Waals surface area contributed by atoms with Crippen molar-refractivity contribution in [1.29, 1.82) is 0 Å². The minimum absolute atomic E-state index is 0.0265. The average molecular weight is 325 g/mol. The number of hydrogen-bond donors (Lipinski definition) is 2. The van der Waals surface area contributed by atoms with Crippen molar-refractivity contribution in [3.8, 4) is 5.88 Å².